The molecule has 1 heterocycles. The Kier molecular flexibility index (Phi) is 5.57. The fourth-order valence-corrected chi connectivity index (χ4v) is 1.62. The summed E-state index contributed by atoms with van der Waals surface area (Å²) in [6.07, 6.45) is 1.16. The van der Waals surface area contributed by atoms with E-state index in [9.17, 15) is 14.4 Å². The van der Waals surface area contributed by atoms with Gasteiger partial charge in [0.15, 0.2) is 0 Å². The first kappa shape index (κ1) is 14.4. The van der Waals surface area contributed by atoms with Crippen LogP contribution in [-0.4, -0.2) is 48.6 Å². The highest BCUT2D eigenvalue weighted by atomic mass is 16.4. The van der Waals surface area contributed by atoms with E-state index in [0.29, 0.717) is 19.4 Å². The molecule has 102 valence electrons. The van der Waals surface area contributed by atoms with Crippen LogP contribution < -0.4 is 16.0 Å². The van der Waals surface area contributed by atoms with E-state index in [1.807, 2.05) is 0 Å². The molecule has 0 aliphatic carbocycles. The number of nitrogens with one attached hydrogen (secondary N) is 3. The van der Waals surface area contributed by atoms with Crippen molar-refractivity contribution in [2.75, 3.05) is 19.6 Å². The van der Waals surface area contributed by atoms with Crippen molar-refractivity contribution in [1.82, 2.24) is 16.0 Å². The van der Waals surface area contributed by atoms with Crippen LogP contribution in [0.2, 0.25) is 0 Å². The molecule has 2 amide bonds. The summed E-state index contributed by atoms with van der Waals surface area (Å²) in [6.45, 7) is 2.52. The fraction of sp³-hybridized carbons (Fsp3) is 0.727. The highest BCUT2D eigenvalue weighted by Crippen LogP contribution is 2.04. The summed E-state index contributed by atoms with van der Waals surface area (Å²) in [6, 6.07) is -0.403. The second-order valence-corrected chi connectivity index (χ2v) is 4.41. The molecule has 0 aromatic carbocycles. The van der Waals surface area contributed by atoms with Gasteiger partial charge in [-0.3, -0.25) is 19.7 Å². The summed E-state index contributed by atoms with van der Waals surface area (Å²) in [4.78, 5) is 33.1. The van der Waals surface area contributed by atoms with Crippen LogP contribution in [0.3, 0.4) is 0 Å². The van der Waals surface area contributed by atoms with Crippen LogP contribution in [0.4, 0.5) is 0 Å². The molecule has 0 saturated carbocycles. The van der Waals surface area contributed by atoms with Gasteiger partial charge in [-0.15, -0.1) is 0 Å². The van der Waals surface area contributed by atoms with E-state index in [4.69, 9.17) is 5.11 Å². The maximum absolute atomic E-state index is 11.6. The van der Waals surface area contributed by atoms with Gasteiger partial charge in [-0.2, -0.15) is 0 Å². The second-order valence-electron chi connectivity index (χ2n) is 4.41. The molecule has 1 aliphatic rings. The van der Waals surface area contributed by atoms with E-state index in [0.717, 1.165) is 0 Å². The molecule has 4 N–H and O–H groups in total. The number of rotatable bonds is 6. The molecule has 0 radical (unpaired) electrons. The lowest BCUT2D eigenvalue weighted by Gasteiger charge is -2.23. The monoisotopic (exact) mass is 257 g/mol. The number of carbonyl (C=O) groups is 3. The van der Waals surface area contributed by atoms with Gasteiger partial charge in [0.1, 0.15) is 6.04 Å². The maximum Gasteiger partial charge on any atom is 0.306 e. The zero-order valence-electron chi connectivity index (χ0n) is 10.4. The third-order valence-electron chi connectivity index (χ3n) is 2.86. The highest BCUT2D eigenvalue weighted by Gasteiger charge is 2.23. The number of amides is 2. The minimum absolute atomic E-state index is 0.116. The predicted molar refractivity (Wildman–Crippen MR) is 63.8 cm³/mol. The SMILES string of the molecule is CC(CCCNC(=O)C1CNC(=O)CN1)C(=O)O. The van der Waals surface area contributed by atoms with Crippen LogP contribution >= 0.6 is 0 Å². The average Bonchev–Trinajstić information content (AvgIpc) is 2.34. The van der Waals surface area contributed by atoms with E-state index in [1.54, 1.807) is 6.92 Å². The minimum Gasteiger partial charge on any atom is -0.481 e. The maximum atomic E-state index is 11.6. The largest absolute Gasteiger partial charge is 0.481 e. The molecule has 1 fully saturated rings. The molecule has 7 nitrogen and oxygen atoms in total. The number of carboxylic acid groups (broad SMARTS) is 1. The van der Waals surface area contributed by atoms with E-state index < -0.39 is 17.9 Å². The average molecular weight is 257 g/mol. The molecule has 2 atom stereocenters. The molecule has 0 aromatic heterocycles. The van der Waals surface area contributed by atoms with E-state index in [2.05, 4.69) is 16.0 Å². The van der Waals surface area contributed by atoms with Gasteiger partial charge in [0.25, 0.3) is 0 Å². The summed E-state index contributed by atoms with van der Waals surface area (Å²) < 4.78 is 0. The van der Waals surface area contributed by atoms with Crippen molar-refractivity contribution in [3.05, 3.63) is 0 Å². The number of hydrogen-bond donors (Lipinski definition) is 4. The van der Waals surface area contributed by atoms with E-state index in [1.165, 1.54) is 0 Å². The molecule has 0 spiro atoms. The molecule has 7 heteroatoms. The standard InChI is InChI=1S/C11H19N3O4/c1-7(11(17)18)3-2-4-12-10(16)8-5-14-9(15)6-13-8/h7-8,13H,2-6H2,1H3,(H,12,16)(H,14,15)(H,17,18). The van der Waals surface area contributed by atoms with Gasteiger partial charge in [-0.1, -0.05) is 6.92 Å². The van der Waals surface area contributed by atoms with Gasteiger partial charge in [0.2, 0.25) is 11.8 Å². The Morgan fingerprint density at radius 2 is 2.28 bits per heavy atom. The zero-order valence-corrected chi connectivity index (χ0v) is 10.4. The smallest absolute Gasteiger partial charge is 0.306 e. The summed E-state index contributed by atoms with van der Waals surface area (Å²) in [5.74, 6) is -1.50. The fourth-order valence-electron chi connectivity index (χ4n) is 1.62. The lowest BCUT2D eigenvalue weighted by atomic mass is 10.1. The Hall–Kier alpha value is -1.63. The number of hydrogen-bond acceptors (Lipinski definition) is 4. The lowest BCUT2D eigenvalue weighted by molar-refractivity contribution is -0.141. The molecule has 2 unspecified atom stereocenters. The van der Waals surface area contributed by atoms with Crippen molar-refractivity contribution in [3.8, 4) is 0 Å². The van der Waals surface area contributed by atoms with E-state index >= 15 is 0 Å². The molecule has 1 saturated heterocycles. The predicted octanol–water partition coefficient (Wildman–Crippen LogP) is -1.31. The quantitative estimate of drug-likeness (QED) is 0.442. The molecule has 18 heavy (non-hydrogen) atoms. The number of carboxylic acids is 1. The molecule has 1 rings (SSSR count). The van der Waals surface area contributed by atoms with Crippen LogP contribution in [0.5, 0.6) is 0 Å². The Balaban J connectivity index is 2.14. The van der Waals surface area contributed by atoms with E-state index in [-0.39, 0.29) is 24.9 Å². The van der Waals surface area contributed by atoms with Crippen molar-refractivity contribution >= 4 is 17.8 Å². The van der Waals surface area contributed by atoms with Gasteiger partial charge in [0, 0.05) is 13.1 Å². The van der Waals surface area contributed by atoms with Crippen LogP contribution in [0.15, 0.2) is 0 Å². The first-order valence-corrected chi connectivity index (χ1v) is 6.01. The molecular formula is C11H19N3O4. The first-order chi connectivity index (χ1) is 8.50. The van der Waals surface area contributed by atoms with Gasteiger partial charge < -0.3 is 15.7 Å². The van der Waals surface area contributed by atoms with Crippen molar-refractivity contribution in [2.24, 2.45) is 5.92 Å². The second kappa shape index (κ2) is 6.95. The van der Waals surface area contributed by atoms with Crippen molar-refractivity contribution in [2.45, 2.75) is 25.8 Å². The molecule has 0 aromatic rings. The van der Waals surface area contributed by atoms with Gasteiger partial charge in [0.05, 0.1) is 12.5 Å². The molecule has 1 aliphatic heterocycles. The Bertz CT molecular complexity index is 322. The summed E-state index contributed by atoms with van der Waals surface area (Å²) in [5, 5.41) is 16.8. The lowest BCUT2D eigenvalue weighted by Crippen LogP contribution is -2.58. The Morgan fingerprint density at radius 3 is 2.83 bits per heavy atom. The van der Waals surface area contributed by atoms with Crippen LogP contribution in [0, 0.1) is 5.92 Å². The minimum atomic E-state index is -0.821. The summed E-state index contributed by atoms with van der Waals surface area (Å²) in [7, 11) is 0. The van der Waals surface area contributed by atoms with Crippen LogP contribution in [0.25, 0.3) is 0 Å². The normalized spacial score (nSPS) is 20.9. The van der Waals surface area contributed by atoms with Crippen molar-refractivity contribution < 1.29 is 19.5 Å². The van der Waals surface area contributed by atoms with Crippen LogP contribution in [0.1, 0.15) is 19.8 Å². The number of piperazine rings is 1. The highest BCUT2D eigenvalue weighted by molar-refractivity contribution is 5.86. The van der Waals surface area contributed by atoms with Crippen molar-refractivity contribution in [3.63, 3.8) is 0 Å². The Morgan fingerprint density at radius 1 is 1.56 bits per heavy atom. The summed E-state index contributed by atoms with van der Waals surface area (Å²) in [5.41, 5.74) is 0. The van der Waals surface area contributed by atoms with Gasteiger partial charge in [-0.05, 0) is 12.8 Å². The topological polar surface area (TPSA) is 108 Å². The number of carbonyl (C=O) groups excluding carboxylic acids is 2. The van der Waals surface area contributed by atoms with Crippen LogP contribution in [-0.2, 0) is 14.4 Å². The third-order valence-corrected chi connectivity index (χ3v) is 2.86. The molecular weight excluding hydrogens is 238 g/mol. The first-order valence-electron chi connectivity index (χ1n) is 6.01. The van der Waals surface area contributed by atoms with Gasteiger partial charge >= 0.3 is 5.97 Å². The Labute approximate surface area is 105 Å². The third kappa shape index (κ3) is 4.70. The summed E-state index contributed by atoms with van der Waals surface area (Å²) >= 11 is 0. The number of aliphatic carboxylic acids is 1. The molecule has 0 bridgehead atoms. The van der Waals surface area contributed by atoms with Crippen molar-refractivity contribution in [1.29, 1.82) is 0 Å². The van der Waals surface area contributed by atoms with Gasteiger partial charge in [-0.25, -0.2) is 0 Å². The zero-order chi connectivity index (χ0) is 13.5.